The number of benzene rings is 1. The van der Waals surface area contributed by atoms with Crippen molar-refractivity contribution in [1.29, 1.82) is 0 Å². The van der Waals surface area contributed by atoms with Gasteiger partial charge in [-0.3, -0.25) is 4.79 Å². The minimum atomic E-state index is -0.530. The number of carbonyl (C=O) groups excluding carboxylic acids is 1. The molecule has 1 amide bonds. The molecule has 0 aliphatic heterocycles. The maximum absolute atomic E-state index is 13.6. The Morgan fingerprint density at radius 1 is 1.45 bits per heavy atom. The summed E-state index contributed by atoms with van der Waals surface area (Å²) in [5.74, 6) is -0.272. The molecule has 0 bridgehead atoms. The van der Waals surface area contributed by atoms with Crippen molar-refractivity contribution in [3.63, 3.8) is 0 Å². The number of hydrogen-bond donors (Lipinski definition) is 1. The first-order valence-electron chi connectivity index (χ1n) is 6.77. The van der Waals surface area contributed by atoms with Gasteiger partial charge in [0.05, 0.1) is 13.2 Å². The third-order valence-electron chi connectivity index (χ3n) is 3.29. The molecule has 0 aliphatic carbocycles. The Hall–Kier alpha value is -1.62. The van der Waals surface area contributed by atoms with E-state index in [2.05, 4.69) is 0 Å². The average molecular weight is 282 g/mol. The van der Waals surface area contributed by atoms with Gasteiger partial charge in [-0.25, -0.2) is 4.39 Å². The molecule has 0 fully saturated rings. The highest BCUT2D eigenvalue weighted by atomic mass is 19.1. The molecule has 0 saturated heterocycles. The maximum Gasteiger partial charge on any atom is 0.240 e. The quantitative estimate of drug-likeness (QED) is 0.870. The molecule has 0 heterocycles. The van der Waals surface area contributed by atoms with Crippen LogP contribution in [0.3, 0.4) is 0 Å². The summed E-state index contributed by atoms with van der Waals surface area (Å²) in [7, 11) is 1.42. The minimum absolute atomic E-state index is 0.0733. The molecule has 1 aromatic carbocycles. The van der Waals surface area contributed by atoms with E-state index in [1.54, 1.807) is 17.0 Å². The van der Waals surface area contributed by atoms with Crippen LogP contribution < -0.4 is 10.5 Å². The Kier molecular flexibility index (Phi) is 5.95. The van der Waals surface area contributed by atoms with Crippen LogP contribution in [0, 0.1) is 11.7 Å². The standard InChI is InChI=1S/C15H23FN2O2/c1-5-18(15(19)14(17)10(2)3)9-11-6-7-13(20-4)12(16)8-11/h6-8,10,14H,5,9,17H2,1-4H3/t14-/m0/s1. The van der Waals surface area contributed by atoms with Crippen LogP contribution >= 0.6 is 0 Å². The van der Waals surface area contributed by atoms with E-state index in [1.165, 1.54) is 13.2 Å². The fourth-order valence-electron chi connectivity index (χ4n) is 1.87. The zero-order valence-corrected chi connectivity index (χ0v) is 12.5. The van der Waals surface area contributed by atoms with E-state index in [1.807, 2.05) is 20.8 Å². The van der Waals surface area contributed by atoms with Crippen molar-refractivity contribution < 1.29 is 13.9 Å². The number of halogens is 1. The van der Waals surface area contributed by atoms with Crippen LogP contribution in [0.2, 0.25) is 0 Å². The average Bonchev–Trinajstić information content (AvgIpc) is 2.43. The highest BCUT2D eigenvalue weighted by Gasteiger charge is 2.22. The predicted molar refractivity (Wildman–Crippen MR) is 76.9 cm³/mol. The van der Waals surface area contributed by atoms with Crippen molar-refractivity contribution in [2.45, 2.75) is 33.4 Å². The van der Waals surface area contributed by atoms with Gasteiger partial charge in [-0.05, 0) is 30.5 Å². The van der Waals surface area contributed by atoms with Crippen LogP contribution in [0.15, 0.2) is 18.2 Å². The SMILES string of the molecule is CCN(Cc1ccc(OC)c(F)c1)C(=O)[C@@H](N)C(C)C. The molecule has 0 aliphatic rings. The van der Waals surface area contributed by atoms with Gasteiger partial charge < -0.3 is 15.4 Å². The van der Waals surface area contributed by atoms with Crippen LogP contribution in [0.1, 0.15) is 26.3 Å². The fourth-order valence-corrected chi connectivity index (χ4v) is 1.87. The first-order chi connectivity index (χ1) is 9.40. The molecule has 0 aromatic heterocycles. The van der Waals surface area contributed by atoms with Gasteiger partial charge >= 0.3 is 0 Å². The summed E-state index contributed by atoms with van der Waals surface area (Å²) in [5, 5.41) is 0. The number of hydrogen-bond acceptors (Lipinski definition) is 3. The van der Waals surface area contributed by atoms with Crippen molar-refractivity contribution >= 4 is 5.91 Å². The van der Waals surface area contributed by atoms with E-state index in [0.29, 0.717) is 13.1 Å². The molecule has 0 unspecified atom stereocenters. The van der Waals surface area contributed by atoms with Gasteiger partial charge in [-0.15, -0.1) is 0 Å². The third kappa shape index (κ3) is 3.93. The van der Waals surface area contributed by atoms with Crippen molar-refractivity contribution in [2.24, 2.45) is 11.7 Å². The molecule has 112 valence electrons. The second kappa shape index (κ2) is 7.24. The number of likely N-dealkylation sites (N-methyl/N-ethyl adjacent to an activating group) is 1. The van der Waals surface area contributed by atoms with E-state index < -0.39 is 11.9 Å². The van der Waals surface area contributed by atoms with E-state index >= 15 is 0 Å². The number of methoxy groups -OCH3 is 1. The molecule has 1 atom stereocenters. The highest BCUT2D eigenvalue weighted by Crippen LogP contribution is 2.19. The molecule has 0 saturated carbocycles. The largest absolute Gasteiger partial charge is 0.494 e. The van der Waals surface area contributed by atoms with E-state index in [-0.39, 0.29) is 17.6 Å². The van der Waals surface area contributed by atoms with Crippen LogP contribution in [0.4, 0.5) is 4.39 Å². The first-order valence-corrected chi connectivity index (χ1v) is 6.77. The van der Waals surface area contributed by atoms with Crippen LogP contribution in [0.5, 0.6) is 5.75 Å². The summed E-state index contributed by atoms with van der Waals surface area (Å²) in [4.78, 5) is 13.8. The van der Waals surface area contributed by atoms with Gasteiger partial charge in [0.15, 0.2) is 11.6 Å². The summed E-state index contributed by atoms with van der Waals surface area (Å²) in [6, 6.07) is 4.16. The fraction of sp³-hybridized carbons (Fsp3) is 0.533. The molecule has 2 N–H and O–H groups in total. The third-order valence-corrected chi connectivity index (χ3v) is 3.29. The van der Waals surface area contributed by atoms with Gasteiger partial charge in [0, 0.05) is 13.1 Å². The van der Waals surface area contributed by atoms with Gasteiger partial charge in [-0.2, -0.15) is 0 Å². The van der Waals surface area contributed by atoms with Gasteiger partial charge in [0.2, 0.25) is 5.91 Å². The Bertz CT molecular complexity index is 463. The lowest BCUT2D eigenvalue weighted by Crippen LogP contribution is -2.46. The summed E-state index contributed by atoms with van der Waals surface area (Å²) >= 11 is 0. The molecule has 0 spiro atoms. The van der Waals surface area contributed by atoms with Crippen LogP contribution in [-0.2, 0) is 11.3 Å². The minimum Gasteiger partial charge on any atom is -0.494 e. The monoisotopic (exact) mass is 282 g/mol. The summed E-state index contributed by atoms with van der Waals surface area (Å²) in [5.41, 5.74) is 6.60. The number of carbonyl (C=O) groups is 1. The number of nitrogens with zero attached hydrogens (tertiary/aromatic N) is 1. The highest BCUT2D eigenvalue weighted by molar-refractivity contribution is 5.81. The normalized spacial score (nSPS) is 12.3. The molecule has 20 heavy (non-hydrogen) atoms. The Labute approximate surface area is 119 Å². The van der Waals surface area contributed by atoms with Crippen molar-refractivity contribution in [3.8, 4) is 5.75 Å². The smallest absolute Gasteiger partial charge is 0.240 e. The molecule has 0 radical (unpaired) electrons. The Balaban J connectivity index is 2.83. The Morgan fingerprint density at radius 2 is 2.10 bits per heavy atom. The van der Waals surface area contributed by atoms with E-state index in [0.717, 1.165) is 5.56 Å². The van der Waals surface area contributed by atoms with Crippen LogP contribution in [-0.4, -0.2) is 30.5 Å². The number of ether oxygens (including phenoxy) is 1. The molecular formula is C15H23FN2O2. The molecular weight excluding hydrogens is 259 g/mol. The van der Waals surface area contributed by atoms with Gasteiger partial charge in [0.1, 0.15) is 0 Å². The summed E-state index contributed by atoms with van der Waals surface area (Å²) in [6.07, 6.45) is 0. The zero-order valence-electron chi connectivity index (χ0n) is 12.5. The number of rotatable bonds is 6. The van der Waals surface area contributed by atoms with Crippen molar-refractivity contribution in [1.82, 2.24) is 4.90 Å². The molecule has 4 nitrogen and oxygen atoms in total. The molecule has 1 aromatic rings. The summed E-state index contributed by atoms with van der Waals surface area (Å²) < 4.78 is 18.5. The maximum atomic E-state index is 13.6. The Morgan fingerprint density at radius 3 is 2.55 bits per heavy atom. The van der Waals surface area contributed by atoms with Crippen LogP contribution in [0.25, 0.3) is 0 Å². The van der Waals surface area contributed by atoms with E-state index in [4.69, 9.17) is 10.5 Å². The lowest BCUT2D eigenvalue weighted by atomic mass is 10.0. The lowest BCUT2D eigenvalue weighted by Gasteiger charge is -2.26. The summed E-state index contributed by atoms with van der Waals surface area (Å²) in [6.45, 7) is 6.57. The molecule has 1 rings (SSSR count). The topological polar surface area (TPSA) is 55.6 Å². The predicted octanol–water partition coefficient (Wildman–Crippen LogP) is 2.17. The lowest BCUT2D eigenvalue weighted by molar-refractivity contribution is -0.134. The number of amides is 1. The van der Waals surface area contributed by atoms with Crippen molar-refractivity contribution in [3.05, 3.63) is 29.6 Å². The van der Waals surface area contributed by atoms with E-state index in [9.17, 15) is 9.18 Å². The zero-order chi connectivity index (χ0) is 15.3. The first kappa shape index (κ1) is 16.4. The molecule has 5 heteroatoms. The van der Waals surface area contributed by atoms with Gasteiger partial charge in [-0.1, -0.05) is 19.9 Å². The second-order valence-corrected chi connectivity index (χ2v) is 5.09. The van der Waals surface area contributed by atoms with Crippen molar-refractivity contribution in [2.75, 3.05) is 13.7 Å². The van der Waals surface area contributed by atoms with Gasteiger partial charge in [0.25, 0.3) is 0 Å². The second-order valence-electron chi connectivity index (χ2n) is 5.09. The number of nitrogens with two attached hydrogens (primary N) is 1.